The van der Waals surface area contributed by atoms with E-state index in [2.05, 4.69) is 11.6 Å². The second-order valence-corrected chi connectivity index (χ2v) is 4.67. The van der Waals surface area contributed by atoms with E-state index >= 15 is 0 Å². The average molecular weight is 173 g/mol. The number of hydrogen-bond donors (Lipinski definition) is 1. The van der Waals surface area contributed by atoms with Gasteiger partial charge in [-0.15, -0.1) is 0 Å². The Morgan fingerprint density at radius 1 is 1.27 bits per heavy atom. The lowest BCUT2D eigenvalue weighted by molar-refractivity contribution is 0.311. The van der Waals surface area contributed by atoms with Crippen molar-refractivity contribution in [2.24, 2.45) is 11.8 Å². The summed E-state index contributed by atoms with van der Waals surface area (Å²) in [6.45, 7) is 2.38. The first-order chi connectivity index (χ1) is 5.33. The molecular weight excluding hydrogens is 154 g/mol. The highest BCUT2D eigenvalue weighted by Crippen LogP contribution is 2.29. The molecule has 1 nitrogen and oxygen atoms in total. The van der Waals surface area contributed by atoms with Gasteiger partial charge in [0.05, 0.1) is 0 Å². The lowest BCUT2D eigenvalue weighted by Crippen LogP contribution is -2.15. The third-order valence-corrected chi connectivity index (χ3v) is 3.53. The van der Waals surface area contributed by atoms with E-state index in [1.165, 1.54) is 31.4 Å². The van der Waals surface area contributed by atoms with E-state index in [-0.39, 0.29) is 0 Å². The van der Waals surface area contributed by atoms with Crippen LogP contribution in [0.3, 0.4) is 0 Å². The van der Waals surface area contributed by atoms with Crippen LogP contribution in [-0.4, -0.2) is 12.8 Å². The fraction of sp³-hybridized carbons (Fsp3) is 1.00. The molecule has 0 aliphatic heterocycles. The van der Waals surface area contributed by atoms with Gasteiger partial charge in [0.25, 0.3) is 0 Å². The second kappa shape index (κ2) is 5.04. The number of rotatable bonds is 3. The minimum Gasteiger partial charge on any atom is -0.267 e. The summed E-state index contributed by atoms with van der Waals surface area (Å²) < 4.78 is 3.14. The van der Waals surface area contributed by atoms with Crippen molar-refractivity contribution in [1.29, 1.82) is 0 Å². The molecule has 11 heavy (non-hydrogen) atoms. The van der Waals surface area contributed by atoms with Crippen LogP contribution in [0.5, 0.6) is 0 Å². The maximum atomic E-state index is 3.14. The molecule has 0 heterocycles. The van der Waals surface area contributed by atoms with Gasteiger partial charge in [-0.25, -0.2) is 0 Å². The van der Waals surface area contributed by atoms with Crippen LogP contribution >= 0.6 is 11.9 Å². The van der Waals surface area contributed by atoms with Crippen LogP contribution in [0.4, 0.5) is 0 Å². The summed E-state index contributed by atoms with van der Waals surface area (Å²) in [5.41, 5.74) is 0. The first-order valence-electron chi connectivity index (χ1n) is 4.61. The Balaban J connectivity index is 2.07. The van der Waals surface area contributed by atoms with Crippen molar-refractivity contribution in [3.05, 3.63) is 0 Å². The van der Waals surface area contributed by atoms with Gasteiger partial charge in [0.2, 0.25) is 0 Å². The molecule has 1 saturated carbocycles. The van der Waals surface area contributed by atoms with E-state index in [4.69, 9.17) is 0 Å². The van der Waals surface area contributed by atoms with Crippen LogP contribution < -0.4 is 4.72 Å². The standard InChI is InChI=1S/C9H19NS/c1-8-3-5-9(6-4-8)7-11-10-2/h8-10H,3-7H2,1-2H3. The Morgan fingerprint density at radius 2 is 1.91 bits per heavy atom. The SMILES string of the molecule is CNSCC1CCC(C)CC1. The largest absolute Gasteiger partial charge is 0.267 e. The maximum Gasteiger partial charge on any atom is 0.0107 e. The second-order valence-electron chi connectivity index (χ2n) is 3.64. The normalized spacial score (nSPS) is 32.2. The fourth-order valence-electron chi connectivity index (χ4n) is 1.70. The van der Waals surface area contributed by atoms with Crippen molar-refractivity contribution in [2.45, 2.75) is 32.6 Å². The van der Waals surface area contributed by atoms with Crippen LogP contribution in [0.15, 0.2) is 0 Å². The summed E-state index contributed by atoms with van der Waals surface area (Å²) in [5.74, 6) is 3.29. The van der Waals surface area contributed by atoms with Crippen LogP contribution in [0, 0.1) is 11.8 Å². The molecule has 0 bridgehead atoms. The fourth-order valence-corrected chi connectivity index (χ4v) is 2.43. The predicted octanol–water partition coefficient (Wildman–Crippen LogP) is 2.68. The molecule has 1 aliphatic carbocycles. The third kappa shape index (κ3) is 3.48. The van der Waals surface area contributed by atoms with E-state index in [1.807, 2.05) is 19.0 Å². The highest BCUT2D eigenvalue weighted by atomic mass is 32.2. The highest BCUT2D eigenvalue weighted by molar-refractivity contribution is 7.97. The summed E-state index contributed by atoms with van der Waals surface area (Å²) in [6, 6.07) is 0. The Morgan fingerprint density at radius 3 is 2.45 bits per heavy atom. The molecule has 0 aromatic heterocycles. The Labute approximate surface area is 74.5 Å². The zero-order valence-electron chi connectivity index (χ0n) is 7.60. The predicted molar refractivity (Wildman–Crippen MR) is 52.6 cm³/mol. The van der Waals surface area contributed by atoms with Crippen molar-refractivity contribution in [3.63, 3.8) is 0 Å². The van der Waals surface area contributed by atoms with Gasteiger partial charge in [-0.2, -0.15) is 0 Å². The number of nitrogens with one attached hydrogen (secondary N) is 1. The molecule has 2 heteroatoms. The minimum atomic E-state index is 0.989. The molecule has 1 aliphatic rings. The first kappa shape index (κ1) is 9.40. The zero-order valence-corrected chi connectivity index (χ0v) is 8.41. The molecule has 0 amide bonds. The zero-order chi connectivity index (χ0) is 8.10. The van der Waals surface area contributed by atoms with Crippen molar-refractivity contribution >= 4 is 11.9 Å². The van der Waals surface area contributed by atoms with Gasteiger partial charge in [-0.3, -0.25) is 4.72 Å². The summed E-state index contributed by atoms with van der Waals surface area (Å²) in [6.07, 6.45) is 5.82. The van der Waals surface area contributed by atoms with Crippen LogP contribution in [-0.2, 0) is 0 Å². The van der Waals surface area contributed by atoms with Crippen LogP contribution in [0.25, 0.3) is 0 Å². The van der Waals surface area contributed by atoms with E-state index in [0.717, 1.165) is 11.8 Å². The molecule has 0 aromatic rings. The molecule has 1 rings (SSSR count). The van der Waals surface area contributed by atoms with Crippen molar-refractivity contribution in [2.75, 3.05) is 12.8 Å². The molecule has 0 spiro atoms. The molecule has 0 atom stereocenters. The Bertz CT molecular complexity index is 95.0. The average Bonchev–Trinajstić information content (AvgIpc) is 2.04. The first-order valence-corrected chi connectivity index (χ1v) is 5.60. The maximum absolute atomic E-state index is 3.14. The van der Waals surface area contributed by atoms with Gasteiger partial charge in [0.15, 0.2) is 0 Å². The quantitative estimate of drug-likeness (QED) is 0.659. The van der Waals surface area contributed by atoms with Crippen LogP contribution in [0.1, 0.15) is 32.6 Å². The van der Waals surface area contributed by atoms with Gasteiger partial charge < -0.3 is 0 Å². The summed E-state index contributed by atoms with van der Waals surface area (Å²) in [7, 11) is 2.01. The molecule has 0 saturated heterocycles. The third-order valence-electron chi connectivity index (χ3n) is 2.60. The molecule has 0 unspecified atom stereocenters. The monoisotopic (exact) mass is 173 g/mol. The van der Waals surface area contributed by atoms with E-state index in [9.17, 15) is 0 Å². The van der Waals surface area contributed by atoms with Gasteiger partial charge in [-0.1, -0.05) is 31.7 Å². The van der Waals surface area contributed by atoms with Crippen LogP contribution in [0.2, 0.25) is 0 Å². The van der Waals surface area contributed by atoms with Crippen molar-refractivity contribution in [3.8, 4) is 0 Å². The lowest BCUT2D eigenvalue weighted by Gasteiger charge is -2.25. The summed E-state index contributed by atoms with van der Waals surface area (Å²) in [4.78, 5) is 0. The molecule has 0 aromatic carbocycles. The van der Waals surface area contributed by atoms with Gasteiger partial charge in [0, 0.05) is 5.75 Å². The number of hydrogen-bond acceptors (Lipinski definition) is 2. The van der Waals surface area contributed by atoms with Crippen molar-refractivity contribution in [1.82, 2.24) is 4.72 Å². The molecule has 0 radical (unpaired) electrons. The highest BCUT2D eigenvalue weighted by Gasteiger charge is 2.17. The molecular formula is C9H19NS. The topological polar surface area (TPSA) is 12.0 Å². The molecule has 1 N–H and O–H groups in total. The van der Waals surface area contributed by atoms with Gasteiger partial charge in [-0.05, 0) is 31.7 Å². The Hall–Kier alpha value is 0.310. The van der Waals surface area contributed by atoms with E-state index in [0.29, 0.717) is 0 Å². The minimum absolute atomic E-state index is 0.989. The van der Waals surface area contributed by atoms with Gasteiger partial charge >= 0.3 is 0 Å². The van der Waals surface area contributed by atoms with E-state index < -0.39 is 0 Å². The van der Waals surface area contributed by atoms with Gasteiger partial charge in [0.1, 0.15) is 0 Å². The van der Waals surface area contributed by atoms with Crippen molar-refractivity contribution < 1.29 is 0 Å². The molecule has 66 valence electrons. The summed E-state index contributed by atoms with van der Waals surface area (Å²) in [5, 5.41) is 0. The lowest BCUT2D eigenvalue weighted by atomic mass is 9.84. The smallest absolute Gasteiger partial charge is 0.0107 e. The van der Waals surface area contributed by atoms with E-state index in [1.54, 1.807) is 0 Å². The molecule has 1 fully saturated rings. The Kier molecular flexibility index (Phi) is 4.31. The summed E-state index contributed by atoms with van der Waals surface area (Å²) >= 11 is 1.87.